The van der Waals surface area contributed by atoms with Gasteiger partial charge in [-0.05, 0) is 59.1 Å². The smallest absolute Gasteiger partial charge is 0.293 e. The summed E-state index contributed by atoms with van der Waals surface area (Å²) in [5, 5.41) is 9.08. The van der Waals surface area contributed by atoms with Crippen molar-refractivity contribution in [3.05, 3.63) is 94.4 Å². The van der Waals surface area contributed by atoms with E-state index in [2.05, 4.69) is 31.2 Å². The van der Waals surface area contributed by atoms with Gasteiger partial charge in [0.05, 0.1) is 11.4 Å². The summed E-state index contributed by atoms with van der Waals surface area (Å²) in [6.07, 6.45) is 1.75. The van der Waals surface area contributed by atoms with Crippen molar-refractivity contribution in [1.29, 1.82) is 0 Å². The average molecular weight is 401 g/mol. The second-order valence-corrected chi connectivity index (χ2v) is 7.92. The van der Waals surface area contributed by atoms with Crippen molar-refractivity contribution in [2.75, 3.05) is 0 Å². The Morgan fingerprint density at radius 2 is 1.45 bits per heavy atom. The Morgan fingerprint density at radius 1 is 0.862 bits per heavy atom. The maximum atomic E-state index is 12.7. The number of carbonyl (C=O) groups is 2. The van der Waals surface area contributed by atoms with Crippen LogP contribution >= 0.6 is 11.8 Å². The number of rotatable bonds is 4. The molecule has 3 aromatic rings. The molecule has 4 rings (SSSR count). The number of carbonyl (C=O) groups excluding carboxylic acids is 2. The maximum absolute atomic E-state index is 12.7. The number of benzene rings is 3. The molecule has 1 saturated heterocycles. The fourth-order valence-electron chi connectivity index (χ4n) is 3.09. The second kappa shape index (κ2) is 7.97. The molecule has 1 aliphatic heterocycles. The monoisotopic (exact) mass is 401 g/mol. The quantitative estimate of drug-likeness (QED) is 0.578. The number of thioether (sulfide) groups is 1. The molecule has 0 saturated carbocycles. The van der Waals surface area contributed by atoms with Gasteiger partial charge in [-0.1, -0.05) is 66.2 Å². The predicted octanol–water partition coefficient (Wildman–Crippen LogP) is 5.60. The first-order chi connectivity index (χ1) is 14.0. The van der Waals surface area contributed by atoms with E-state index in [1.807, 2.05) is 24.3 Å². The molecule has 0 aromatic heterocycles. The number of amides is 2. The van der Waals surface area contributed by atoms with Gasteiger partial charge in [0.1, 0.15) is 5.75 Å². The van der Waals surface area contributed by atoms with E-state index in [1.54, 1.807) is 30.3 Å². The number of phenols is 1. The van der Waals surface area contributed by atoms with Gasteiger partial charge < -0.3 is 5.11 Å². The van der Waals surface area contributed by atoms with Gasteiger partial charge in [-0.3, -0.25) is 14.5 Å². The molecule has 0 spiro atoms. The van der Waals surface area contributed by atoms with Crippen LogP contribution in [0, 0.1) is 6.92 Å². The highest BCUT2D eigenvalue weighted by Crippen LogP contribution is 2.33. The molecule has 1 fully saturated rings. The highest BCUT2D eigenvalue weighted by Gasteiger charge is 2.34. The Balaban J connectivity index is 1.50. The second-order valence-electron chi connectivity index (χ2n) is 6.92. The van der Waals surface area contributed by atoms with Crippen LogP contribution < -0.4 is 0 Å². The van der Waals surface area contributed by atoms with Gasteiger partial charge in [-0.2, -0.15) is 0 Å². The Bertz CT molecular complexity index is 1080. The molecule has 0 unspecified atom stereocenters. The number of hydrogen-bond donors (Lipinski definition) is 1. The molecular formula is C24H19NO3S. The summed E-state index contributed by atoms with van der Waals surface area (Å²) in [4.78, 5) is 26.6. The van der Waals surface area contributed by atoms with Gasteiger partial charge in [-0.15, -0.1) is 0 Å². The fourth-order valence-corrected chi connectivity index (χ4v) is 3.93. The molecule has 4 nitrogen and oxygen atoms in total. The molecule has 5 heteroatoms. The molecule has 144 valence electrons. The van der Waals surface area contributed by atoms with E-state index < -0.39 is 0 Å². The molecule has 0 radical (unpaired) electrons. The third-order valence-corrected chi connectivity index (χ3v) is 5.65. The Morgan fingerprint density at radius 3 is 2.07 bits per heavy atom. The van der Waals surface area contributed by atoms with E-state index >= 15 is 0 Å². The highest BCUT2D eigenvalue weighted by atomic mass is 32.2. The topological polar surface area (TPSA) is 57.6 Å². The van der Waals surface area contributed by atoms with Crippen molar-refractivity contribution >= 4 is 29.0 Å². The minimum absolute atomic E-state index is 0.150. The molecule has 0 aliphatic carbocycles. The van der Waals surface area contributed by atoms with Crippen molar-refractivity contribution in [1.82, 2.24) is 4.90 Å². The number of aryl methyl sites for hydroxylation is 1. The van der Waals surface area contributed by atoms with Crippen LogP contribution in [0.3, 0.4) is 0 Å². The van der Waals surface area contributed by atoms with Gasteiger partial charge in [0.25, 0.3) is 11.1 Å². The maximum Gasteiger partial charge on any atom is 0.293 e. The van der Waals surface area contributed by atoms with Crippen LogP contribution in [-0.2, 0) is 11.3 Å². The summed E-state index contributed by atoms with van der Waals surface area (Å²) >= 11 is 0.950. The van der Waals surface area contributed by atoms with Crippen LogP contribution in [0.15, 0.2) is 77.7 Å². The molecule has 1 N–H and O–H groups in total. The summed E-state index contributed by atoms with van der Waals surface area (Å²) in [6.45, 7) is 2.25. The summed E-state index contributed by atoms with van der Waals surface area (Å²) in [5.41, 5.74) is 5.11. The van der Waals surface area contributed by atoms with E-state index in [0.717, 1.165) is 34.0 Å². The zero-order valence-corrected chi connectivity index (χ0v) is 16.6. The standard InChI is InChI=1S/C24H19NO3S/c1-16-2-8-19(9-3-16)20-10-4-17(5-11-20)14-22-23(27)25(24(28)29-22)15-18-6-12-21(26)13-7-18/h2-14,26H,15H2,1H3. The molecule has 2 amide bonds. The van der Waals surface area contributed by atoms with Gasteiger partial charge in [0, 0.05) is 0 Å². The van der Waals surface area contributed by atoms with Crippen LogP contribution in [0.4, 0.5) is 4.79 Å². The van der Waals surface area contributed by atoms with Crippen molar-refractivity contribution in [2.45, 2.75) is 13.5 Å². The third-order valence-electron chi connectivity index (χ3n) is 4.74. The normalized spacial score (nSPS) is 15.3. The fraction of sp³-hybridized carbons (Fsp3) is 0.0833. The zero-order valence-electron chi connectivity index (χ0n) is 15.8. The lowest BCUT2D eigenvalue weighted by atomic mass is 10.0. The minimum atomic E-state index is -0.296. The largest absolute Gasteiger partial charge is 0.508 e. The molecule has 3 aromatic carbocycles. The van der Waals surface area contributed by atoms with Gasteiger partial charge in [0.2, 0.25) is 0 Å². The van der Waals surface area contributed by atoms with E-state index in [-0.39, 0.29) is 23.4 Å². The molecule has 0 atom stereocenters. The van der Waals surface area contributed by atoms with Crippen LogP contribution in [0.1, 0.15) is 16.7 Å². The number of hydrogen-bond acceptors (Lipinski definition) is 4. The van der Waals surface area contributed by atoms with E-state index in [0.29, 0.717) is 4.91 Å². The Labute approximate surface area is 173 Å². The van der Waals surface area contributed by atoms with Crippen LogP contribution in [0.5, 0.6) is 5.75 Å². The van der Waals surface area contributed by atoms with Crippen molar-refractivity contribution in [3.63, 3.8) is 0 Å². The Kier molecular flexibility index (Phi) is 5.23. The van der Waals surface area contributed by atoms with Gasteiger partial charge in [-0.25, -0.2) is 0 Å². The SMILES string of the molecule is Cc1ccc(-c2ccc(C=C3SC(=O)N(Cc4ccc(O)cc4)C3=O)cc2)cc1. The summed E-state index contributed by atoms with van der Waals surface area (Å²) in [7, 11) is 0. The lowest BCUT2D eigenvalue weighted by Gasteiger charge is -2.12. The minimum Gasteiger partial charge on any atom is -0.508 e. The number of nitrogens with zero attached hydrogens (tertiary/aromatic N) is 1. The highest BCUT2D eigenvalue weighted by molar-refractivity contribution is 8.18. The molecule has 29 heavy (non-hydrogen) atoms. The van der Waals surface area contributed by atoms with Crippen LogP contribution in [0.25, 0.3) is 17.2 Å². The lowest BCUT2D eigenvalue weighted by Crippen LogP contribution is -2.27. The third kappa shape index (κ3) is 4.25. The molecule has 0 bridgehead atoms. The molecule has 1 aliphatic rings. The van der Waals surface area contributed by atoms with Crippen molar-refractivity contribution in [3.8, 4) is 16.9 Å². The Hall–Kier alpha value is -3.31. The predicted molar refractivity (Wildman–Crippen MR) is 116 cm³/mol. The van der Waals surface area contributed by atoms with Gasteiger partial charge >= 0.3 is 0 Å². The zero-order chi connectivity index (χ0) is 20.4. The number of phenolic OH excluding ortho intramolecular Hbond substituents is 1. The first-order valence-corrected chi connectivity index (χ1v) is 10.0. The van der Waals surface area contributed by atoms with Crippen LogP contribution in [0.2, 0.25) is 0 Å². The summed E-state index contributed by atoms with van der Waals surface area (Å²) in [6, 6.07) is 22.7. The van der Waals surface area contributed by atoms with Crippen LogP contribution in [-0.4, -0.2) is 21.2 Å². The molecule has 1 heterocycles. The van der Waals surface area contributed by atoms with E-state index in [4.69, 9.17) is 0 Å². The average Bonchev–Trinajstić information content (AvgIpc) is 2.98. The number of imide groups is 1. The summed E-state index contributed by atoms with van der Waals surface area (Å²) < 4.78 is 0. The summed E-state index contributed by atoms with van der Waals surface area (Å²) in [5.74, 6) is -0.146. The van der Waals surface area contributed by atoms with Crippen molar-refractivity contribution in [2.24, 2.45) is 0 Å². The first kappa shape index (κ1) is 19.0. The molecular weight excluding hydrogens is 382 g/mol. The van der Waals surface area contributed by atoms with Crippen molar-refractivity contribution < 1.29 is 14.7 Å². The van der Waals surface area contributed by atoms with E-state index in [1.165, 1.54) is 10.5 Å². The van der Waals surface area contributed by atoms with Gasteiger partial charge in [0.15, 0.2) is 0 Å². The van der Waals surface area contributed by atoms with E-state index in [9.17, 15) is 14.7 Å². The lowest BCUT2D eigenvalue weighted by molar-refractivity contribution is -0.123. The first-order valence-electron chi connectivity index (χ1n) is 9.20. The number of aromatic hydroxyl groups is 1.